The molecule has 1 saturated heterocycles. The number of likely N-dealkylation sites (tertiary alicyclic amines) is 1. The number of carbonyl (C=O) groups excluding carboxylic acids is 1. The van der Waals surface area contributed by atoms with Crippen LogP contribution in [0.25, 0.3) is 0 Å². The van der Waals surface area contributed by atoms with E-state index in [0.717, 1.165) is 18.6 Å². The largest absolute Gasteiger partial charge is 0.490 e. The Morgan fingerprint density at radius 3 is 2.42 bits per heavy atom. The summed E-state index contributed by atoms with van der Waals surface area (Å²) >= 11 is 0. The van der Waals surface area contributed by atoms with Gasteiger partial charge >= 0.3 is 5.97 Å². The van der Waals surface area contributed by atoms with E-state index in [1.807, 2.05) is 18.2 Å². The molecule has 5 heteroatoms. The highest BCUT2D eigenvalue weighted by molar-refractivity contribution is 5.94. The van der Waals surface area contributed by atoms with Crippen molar-refractivity contribution in [3.05, 3.63) is 29.8 Å². The number of carboxylic acids is 1. The lowest BCUT2D eigenvalue weighted by molar-refractivity contribution is -0.143. The van der Waals surface area contributed by atoms with Gasteiger partial charge < -0.3 is 14.7 Å². The van der Waals surface area contributed by atoms with Crippen LogP contribution in [0.15, 0.2) is 24.3 Å². The summed E-state index contributed by atoms with van der Waals surface area (Å²) in [6.07, 6.45) is 7.18. The fourth-order valence-corrected chi connectivity index (χ4v) is 3.59. The van der Waals surface area contributed by atoms with Crippen LogP contribution >= 0.6 is 0 Å². The normalized spacial score (nSPS) is 19.9. The molecule has 0 bridgehead atoms. The van der Waals surface area contributed by atoms with Crippen molar-refractivity contribution in [2.24, 2.45) is 5.92 Å². The number of hydrogen-bond acceptors (Lipinski definition) is 3. The van der Waals surface area contributed by atoms with E-state index in [0.29, 0.717) is 31.5 Å². The predicted octanol–water partition coefficient (Wildman–Crippen LogP) is 3.33. The Morgan fingerprint density at radius 2 is 1.75 bits per heavy atom. The maximum absolute atomic E-state index is 12.6. The van der Waals surface area contributed by atoms with Gasteiger partial charge in [-0.25, -0.2) is 0 Å². The number of hydrogen-bond donors (Lipinski definition) is 1. The van der Waals surface area contributed by atoms with Gasteiger partial charge in [0.1, 0.15) is 5.75 Å². The van der Waals surface area contributed by atoms with Gasteiger partial charge in [-0.3, -0.25) is 9.59 Å². The Morgan fingerprint density at radius 1 is 1.04 bits per heavy atom. The first-order valence-electron chi connectivity index (χ1n) is 8.92. The molecule has 0 radical (unpaired) electrons. The van der Waals surface area contributed by atoms with Crippen LogP contribution in [0.4, 0.5) is 0 Å². The molecule has 5 nitrogen and oxygen atoms in total. The van der Waals surface area contributed by atoms with Crippen molar-refractivity contribution in [2.75, 3.05) is 13.1 Å². The predicted molar refractivity (Wildman–Crippen MR) is 90.2 cm³/mol. The third-order valence-corrected chi connectivity index (χ3v) is 5.07. The van der Waals surface area contributed by atoms with Gasteiger partial charge in [-0.15, -0.1) is 0 Å². The first-order chi connectivity index (χ1) is 11.6. The van der Waals surface area contributed by atoms with Crippen molar-refractivity contribution < 1.29 is 19.4 Å². The van der Waals surface area contributed by atoms with Crippen LogP contribution < -0.4 is 4.74 Å². The molecular weight excluding hydrogens is 306 g/mol. The lowest BCUT2D eigenvalue weighted by Crippen LogP contribution is -2.40. The highest BCUT2D eigenvalue weighted by atomic mass is 16.5. The van der Waals surface area contributed by atoms with Crippen LogP contribution in [-0.4, -0.2) is 41.1 Å². The van der Waals surface area contributed by atoms with Gasteiger partial charge in [0.15, 0.2) is 0 Å². The summed E-state index contributed by atoms with van der Waals surface area (Å²) < 4.78 is 6.03. The van der Waals surface area contributed by atoms with E-state index in [4.69, 9.17) is 9.84 Å². The zero-order valence-corrected chi connectivity index (χ0v) is 13.9. The SMILES string of the molecule is O=C(O)C1CCN(C(=O)c2cccc(OC3CCCCC3)c2)CC1. The fourth-order valence-electron chi connectivity index (χ4n) is 3.59. The standard InChI is InChI=1S/C19H25NO4/c21-18(20-11-9-14(10-12-20)19(22)23)15-5-4-8-17(13-15)24-16-6-2-1-3-7-16/h4-5,8,13-14,16H,1-3,6-7,9-12H2,(H,22,23). The smallest absolute Gasteiger partial charge is 0.306 e. The van der Waals surface area contributed by atoms with Crippen molar-refractivity contribution in [1.82, 2.24) is 4.90 Å². The van der Waals surface area contributed by atoms with Crippen molar-refractivity contribution in [3.63, 3.8) is 0 Å². The second kappa shape index (κ2) is 7.69. The first-order valence-corrected chi connectivity index (χ1v) is 8.92. The summed E-state index contributed by atoms with van der Waals surface area (Å²) in [5.74, 6) is -0.360. The highest BCUT2D eigenvalue weighted by Crippen LogP contribution is 2.25. The van der Waals surface area contributed by atoms with Crippen molar-refractivity contribution in [1.29, 1.82) is 0 Å². The van der Waals surface area contributed by atoms with Gasteiger partial charge in [-0.1, -0.05) is 12.5 Å². The number of piperidine rings is 1. The molecule has 0 aromatic heterocycles. The number of nitrogens with zero attached hydrogens (tertiary/aromatic N) is 1. The summed E-state index contributed by atoms with van der Waals surface area (Å²) in [4.78, 5) is 25.4. The number of benzene rings is 1. The third kappa shape index (κ3) is 4.08. The van der Waals surface area contributed by atoms with E-state index >= 15 is 0 Å². The zero-order chi connectivity index (χ0) is 16.9. The first kappa shape index (κ1) is 16.8. The van der Waals surface area contributed by atoms with Crippen LogP contribution in [-0.2, 0) is 4.79 Å². The zero-order valence-electron chi connectivity index (χ0n) is 13.9. The van der Waals surface area contributed by atoms with Crippen molar-refractivity contribution >= 4 is 11.9 Å². The van der Waals surface area contributed by atoms with E-state index in [-0.39, 0.29) is 17.9 Å². The Hall–Kier alpha value is -2.04. The molecule has 1 aromatic carbocycles. The molecule has 1 aromatic rings. The van der Waals surface area contributed by atoms with Gasteiger partial charge in [-0.2, -0.15) is 0 Å². The fraction of sp³-hybridized carbons (Fsp3) is 0.579. The minimum absolute atomic E-state index is 0.0343. The topological polar surface area (TPSA) is 66.8 Å². The van der Waals surface area contributed by atoms with E-state index in [2.05, 4.69) is 0 Å². The summed E-state index contributed by atoms with van der Waals surface area (Å²) in [5.41, 5.74) is 0.622. The monoisotopic (exact) mass is 331 g/mol. The number of aliphatic carboxylic acids is 1. The molecule has 3 rings (SSSR count). The van der Waals surface area contributed by atoms with Crippen LogP contribution in [0.3, 0.4) is 0 Å². The van der Waals surface area contributed by atoms with Gasteiger partial charge in [0.05, 0.1) is 12.0 Å². The lowest BCUT2D eigenvalue weighted by Gasteiger charge is -2.30. The lowest BCUT2D eigenvalue weighted by atomic mass is 9.96. The average molecular weight is 331 g/mol. The van der Waals surface area contributed by atoms with Gasteiger partial charge in [-0.05, 0) is 56.7 Å². The Labute approximate surface area is 142 Å². The van der Waals surface area contributed by atoms with Crippen LogP contribution in [0.1, 0.15) is 55.3 Å². The number of ether oxygens (including phenoxy) is 1. The molecule has 1 N–H and O–H groups in total. The van der Waals surface area contributed by atoms with E-state index in [9.17, 15) is 9.59 Å². The summed E-state index contributed by atoms with van der Waals surface area (Å²) in [5, 5.41) is 9.05. The van der Waals surface area contributed by atoms with Crippen molar-refractivity contribution in [2.45, 2.75) is 51.0 Å². The molecule has 1 heterocycles. The molecule has 1 aliphatic carbocycles. The Bertz CT molecular complexity index is 587. The molecule has 0 spiro atoms. The number of rotatable bonds is 4. The average Bonchev–Trinajstić information content (AvgIpc) is 2.62. The van der Waals surface area contributed by atoms with Gasteiger partial charge in [0.2, 0.25) is 0 Å². The second-order valence-corrected chi connectivity index (χ2v) is 6.81. The van der Waals surface area contributed by atoms with Gasteiger partial charge in [0, 0.05) is 18.7 Å². The van der Waals surface area contributed by atoms with Crippen LogP contribution in [0, 0.1) is 5.92 Å². The second-order valence-electron chi connectivity index (χ2n) is 6.81. The van der Waals surface area contributed by atoms with Crippen LogP contribution in [0.5, 0.6) is 5.75 Å². The summed E-state index contributed by atoms with van der Waals surface area (Å²) in [7, 11) is 0. The molecule has 1 aliphatic heterocycles. The summed E-state index contributed by atoms with van der Waals surface area (Å²) in [6, 6.07) is 7.39. The molecular formula is C19H25NO4. The minimum atomic E-state index is -0.759. The molecule has 1 saturated carbocycles. The number of carboxylic acid groups (broad SMARTS) is 1. The molecule has 2 aliphatic rings. The highest BCUT2D eigenvalue weighted by Gasteiger charge is 2.27. The minimum Gasteiger partial charge on any atom is -0.490 e. The molecule has 2 fully saturated rings. The quantitative estimate of drug-likeness (QED) is 0.919. The Kier molecular flexibility index (Phi) is 5.38. The summed E-state index contributed by atoms with van der Waals surface area (Å²) in [6.45, 7) is 1.01. The van der Waals surface area contributed by atoms with E-state index in [1.54, 1.807) is 11.0 Å². The third-order valence-electron chi connectivity index (χ3n) is 5.07. The molecule has 130 valence electrons. The maximum Gasteiger partial charge on any atom is 0.306 e. The van der Waals surface area contributed by atoms with E-state index in [1.165, 1.54) is 19.3 Å². The van der Waals surface area contributed by atoms with Gasteiger partial charge in [0.25, 0.3) is 5.91 Å². The number of carbonyl (C=O) groups is 2. The number of amides is 1. The maximum atomic E-state index is 12.6. The molecule has 0 unspecified atom stereocenters. The molecule has 24 heavy (non-hydrogen) atoms. The van der Waals surface area contributed by atoms with E-state index < -0.39 is 5.97 Å². The van der Waals surface area contributed by atoms with Crippen LogP contribution in [0.2, 0.25) is 0 Å². The molecule has 1 amide bonds. The molecule has 0 atom stereocenters. The Balaban J connectivity index is 1.61. The van der Waals surface area contributed by atoms with Crippen molar-refractivity contribution in [3.8, 4) is 5.75 Å².